The van der Waals surface area contributed by atoms with Gasteiger partial charge >= 0.3 is 0 Å². The molecule has 1 saturated heterocycles. The number of amides is 1. The Morgan fingerprint density at radius 3 is 3.00 bits per heavy atom. The number of likely N-dealkylation sites (tertiary alicyclic amines) is 1. The fourth-order valence-electron chi connectivity index (χ4n) is 2.62. The average Bonchev–Trinajstić information content (AvgIpc) is 2.62. The number of carbonyl (C=O) groups is 2. The van der Waals surface area contributed by atoms with E-state index in [-0.39, 0.29) is 12.4 Å². The Balaban J connectivity index is 0.000000891. The molecule has 1 aliphatic heterocycles. The monoisotopic (exact) mass is 338 g/mol. The Labute approximate surface area is 142 Å². The number of aromatic nitrogens is 2. The van der Waals surface area contributed by atoms with Gasteiger partial charge in [-0.25, -0.2) is 0 Å². The fourth-order valence-corrected chi connectivity index (χ4v) is 2.62. The number of carbonyl (C=O) groups excluding carboxylic acids is 1. The molecule has 1 aromatic rings. The molecular formula is C16H26N4O4. The van der Waals surface area contributed by atoms with Crippen molar-refractivity contribution >= 4 is 12.4 Å². The first-order valence-corrected chi connectivity index (χ1v) is 8.14. The molecule has 0 saturated carbocycles. The first-order valence-electron chi connectivity index (χ1n) is 8.14. The zero-order valence-corrected chi connectivity index (χ0v) is 14.1. The van der Waals surface area contributed by atoms with Crippen LogP contribution in [-0.2, 0) is 9.53 Å². The lowest BCUT2D eigenvalue weighted by Gasteiger charge is -2.32. The largest absolute Gasteiger partial charge is 0.483 e. The van der Waals surface area contributed by atoms with Crippen LogP contribution in [-0.4, -0.2) is 72.0 Å². The predicted molar refractivity (Wildman–Crippen MR) is 88.7 cm³/mol. The number of nitrogens with zero attached hydrogens (tertiary/aromatic N) is 3. The lowest BCUT2D eigenvalue weighted by Crippen LogP contribution is -2.42. The van der Waals surface area contributed by atoms with Crippen LogP contribution < -0.4 is 5.32 Å². The van der Waals surface area contributed by atoms with E-state index in [1.165, 1.54) is 25.2 Å². The van der Waals surface area contributed by atoms with Gasteiger partial charge in [-0.1, -0.05) is 0 Å². The maximum absolute atomic E-state index is 12.0. The summed E-state index contributed by atoms with van der Waals surface area (Å²) in [4.78, 5) is 22.7. The van der Waals surface area contributed by atoms with Crippen molar-refractivity contribution in [2.24, 2.45) is 5.92 Å². The standard InChI is InChI=1S/C15H24N4O2.CH2O2/c1-2-21-9-8-19-7-3-4-13(12-19)10-16-15(20)14-5-6-17-18-11-14;2-1-3/h5-6,11,13H,2-4,7-10,12H2,1H3,(H,16,20);1H,(H,2,3). The molecule has 8 nitrogen and oxygen atoms in total. The van der Waals surface area contributed by atoms with Crippen molar-refractivity contribution in [1.29, 1.82) is 0 Å². The van der Waals surface area contributed by atoms with Gasteiger partial charge < -0.3 is 20.1 Å². The van der Waals surface area contributed by atoms with Crippen LogP contribution in [0.4, 0.5) is 0 Å². The van der Waals surface area contributed by atoms with Crippen LogP contribution in [0.25, 0.3) is 0 Å². The molecular weight excluding hydrogens is 312 g/mol. The minimum atomic E-state index is -0.250. The van der Waals surface area contributed by atoms with E-state index in [2.05, 4.69) is 20.4 Å². The highest BCUT2D eigenvalue weighted by molar-refractivity contribution is 5.93. The molecule has 1 aromatic heterocycles. The zero-order chi connectivity index (χ0) is 17.6. The maximum Gasteiger partial charge on any atom is 0.290 e. The predicted octanol–water partition coefficient (Wildman–Crippen LogP) is 0.656. The van der Waals surface area contributed by atoms with Gasteiger partial charge in [0.2, 0.25) is 0 Å². The van der Waals surface area contributed by atoms with Crippen LogP contribution in [0.1, 0.15) is 30.1 Å². The van der Waals surface area contributed by atoms with Crippen molar-refractivity contribution in [3.05, 3.63) is 24.0 Å². The minimum Gasteiger partial charge on any atom is -0.483 e. The Hall–Kier alpha value is -2.06. The highest BCUT2D eigenvalue weighted by Crippen LogP contribution is 2.15. The molecule has 1 fully saturated rings. The highest BCUT2D eigenvalue weighted by atomic mass is 16.5. The molecule has 1 amide bonds. The number of hydrogen-bond donors (Lipinski definition) is 2. The van der Waals surface area contributed by atoms with Gasteiger partial charge in [0.1, 0.15) is 0 Å². The van der Waals surface area contributed by atoms with Crippen molar-refractivity contribution in [3.63, 3.8) is 0 Å². The average molecular weight is 338 g/mol. The third kappa shape index (κ3) is 7.98. The van der Waals surface area contributed by atoms with Crippen LogP contribution in [0, 0.1) is 5.92 Å². The van der Waals surface area contributed by atoms with E-state index in [9.17, 15) is 4.79 Å². The summed E-state index contributed by atoms with van der Waals surface area (Å²) in [5.74, 6) is 0.440. The zero-order valence-electron chi connectivity index (χ0n) is 14.1. The van der Waals surface area contributed by atoms with E-state index in [1.807, 2.05) is 6.92 Å². The van der Waals surface area contributed by atoms with Crippen LogP contribution in [0.15, 0.2) is 18.5 Å². The molecule has 1 atom stereocenters. The Bertz CT molecular complexity index is 472. The van der Waals surface area contributed by atoms with Gasteiger partial charge in [-0.05, 0) is 38.3 Å². The lowest BCUT2D eigenvalue weighted by molar-refractivity contribution is -0.122. The molecule has 8 heteroatoms. The van der Waals surface area contributed by atoms with E-state index >= 15 is 0 Å². The summed E-state index contributed by atoms with van der Waals surface area (Å²) in [5, 5.41) is 17.3. The Kier molecular flexibility index (Phi) is 10.3. The van der Waals surface area contributed by atoms with E-state index in [0.29, 0.717) is 18.0 Å². The van der Waals surface area contributed by atoms with Crippen LogP contribution in [0.2, 0.25) is 0 Å². The van der Waals surface area contributed by atoms with Crippen molar-refractivity contribution in [2.45, 2.75) is 19.8 Å². The number of piperidine rings is 1. The van der Waals surface area contributed by atoms with E-state index in [1.54, 1.807) is 6.07 Å². The molecule has 1 aliphatic rings. The van der Waals surface area contributed by atoms with Crippen molar-refractivity contribution in [2.75, 3.05) is 39.4 Å². The van der Waals surface area contributed by atoms with Gasteiger partial charge in [-0.3, -0.25) is 9.59 Å². The molecule has 0 aliphatic carbocycles. The smallest absolute Gasteiger partial charge is 0.290 e. The summed E-state index contributed by atoms with van der Waals surface area (Å²) in [7, 11) is 0. The molecule has 1 unspecified atom stereocenters. The second-order valence-electron chi connectivity index (χ2n) is 5.45. The summed E-state index contributed by atoms with van der Waals surface area (Å²) in [6, 6.07) is 1.68. The molecule has 2 rings (SSSR count). The summed E-state index contributed by atoms with van der Waals surface area (Å²) in [6.07, 6.45) is 5.37. The minimum absolute atomic E-state index is 0.0728. The maximum atomic E-state index is 12.0. The topological polar surface area (TPSA) is 105 Å². The number of rotatable bonds is 7. The van der Waals surface area contributed by atoms with Crippen LogP contribution in [0.5, 0.6) is 0 Å². The first-order chi connectivity index (χ1) is 11.7. The molecule has 2 N–H and O–H groups in total. The van der Waals surface area contributed by atoms with E-state index in [0.717, 1.165) is 32.8 Å². The second kappa shape index (κ2) is 12.4. The van der Waals surface area contributed by atoms with E-state index < -0.39 is 0 Å². The molecule has 24 heavy (non-hydrogen) atoms. The summed E-state index contributed by atoms with van der Waals surface area (Å²) < 4.78 is 5.40. The van der Waals surface area contributed by atoms with Gasteiger partial charge in [-0.2, -0.15) is 10.2 Å². The summed E-state index contributed by atoms with van der Waals surface area (Å²) in [5.41, 5.74) is 0.564. The molecule has 0 aromatic carbocycles. The molecule has 0 bridgehead atoms. The van der Waals surface area contributed by atoms with Gasteiger partial charge in [0, 0.05) is 26.2 Å². The molecule has 0 radical (unpaired) electrons. The van der Waals surface area contributed by atoms with Crippen LogP contribution in [0.3, 0.4) is 0 Å². The van der Waals surface area contributed by atoms with Gasteiger partial charge in [0.15, 0.2) is 0 Å². The number of ether oxygens (including phenoxy) is 1. The summed E-state index contributed by atoms with van der Waals surface area (Å²) >= 11 is 0. The number of hydrogen-bond acceptors (Lipinski definition) is 6. The van der Waals surface area contributed by atoms with Crippen molar-refractivity contribution in [3.8, 4) is 0 Å². The van der Waals surface area contributed by atoms with Crippen LogP contribution >= 0.6 is 0 Å². The van der Waals surface area contributed by atoms with Crippen molar-refractivity contribution < 1.29 is 19.4 Å². The van der Waals surface area contributed by atoms with Gasteiger partial charge in [0.05, 0.1) is 24.6 Å². The SMILES string of the molecule is CCOCCN1CCCC(CNC(=O)c2ccnnc2)C1.O=CO. The number of nitrogens with one attached hydrogen (secondary N) is 1. The third-order valence-electron chi connectivity index (χ3n) is 3.76. The highest BCUT2D eigenvalue weighted by Gasteiger charge is 2.20. The fraction of sp³-hybridized carbons (Fsp3) is 0.625. The first kappa shape index (κ1) is 20.0. The van der Waals surface area contributed by atoms with E-state index in [4.69, 9.17) is 14.6 Å². The molecule has 0 spiro atoms. The lowest BCUT2D eigenvalue weighted by atomic mass is 9.98. The molecule has 134 valence electrons. The third-order valence-corrected chi connectivity index (χ3v) is 3.76. The normalized spacial score (nSPS) is 17.5. The second-order valence-corrected chi connectivity index (χ2v) is 5.45. The van der Waals surface area contributed by atoms with Gasteiger partial charge in [-0.15, -0.1) is 0 Å². The van der Waals surface area contributed by atoms with Crippen molar-refractivity contribution in [1.82, 2.24) is 20.4 Å². The Morgan fingerprint density at radius 2 is 2.33 bits per heavy atom. The Morgan fingerprint density at radius 1 is 1.54 bits per heavy atom. The molecule has 2 heterocycles. The summed E-state index contributed by atoms with van der Waals surface area (Å²) in [6.45, 7) is 7.18. The number of carboxylic acid groups (broad SMARTS) is 1. The quantitative estimate of drug-likeness (QED) is 0.556. The van der Waals surface area contributed by atoms with Gasteiger partial charge in [0.25, 0.3) is 12.4 Å².